The van der Waals surface area contributed by atoms with Crippen LogP contribution in [0.5, 0.6) is 0 Å². The van der Waals surface area contributed by atoms with Crippen molar-refractivity contribution in [3.8, 4) is 0 Å². The third kappa shape index (κ3) is 6.61. The van der Waals surface area contributed by atoms with Gasteiger partial charge in [-0.1, -0.05) is 35.8 Å². The minimum atomic E-state index is -0.833. The molecule has 2 aromatic rings. The number of carbonyl (C=O) groups excluding carboxylic acids is 3. The van der Waals surface area contributed by atoms with Gasteiger partial charge in [-0.15, -0.1) is 0 Å². The number of primary amides is 2. The largest absolute Gasteiger partial charge is 0.352 e. The number of halogens is 1. The molecule has 0 atom stereocenters. The quantitative estimate of drug-likeness (QED) is 0.498. The summed E-state index contributed by atoms with van der Waals surface area (Å²) >= 11 is 4.63. The summed E-state index contributed by atoms with van der Waals surface area (Å²) in [5.74, 6) is 0.203. The summed E-state index contributed by atoms with van der Waals surface area (Å²) in [5.41, 5.74) is 10.6. The lowest BCUT2D eigenvalue weighted by Crippen LogP contribution is -2.22. The number of thiazole rings is 1. The van der Waals surface area contributed by atoms with E-state index in [-0.39, 0.29) is 11.7 Å². The van der Waals surface area contributed by atoms with Gasteiger partial charge in [-0.05, 0) is 47.8 Å². The molecular formula is C18H22BrN5O3S. The fourth-order valence-electron chi connectivity index (χ4n) is 2.94. The molecule has 4 amide bonds. The Labute approximate surface area is 175 Å². The van der Waals surface area contributed by atoms with Crippen LogP contribution in [0, 0.1) is 12.8 Å². The Hall–Kier alpha value is -2.46. The van der Waals surface area contributed by atoms with Gasteiger partial charge < -0.3 is 16.8 Å². The molecule has 28 heavy (non-hydrogen) atoms. The molecule has 0 spiro atoms. The summed E-state index contributed by atoms with van der Waals surface area (Å²) in [6, 6.07) is 4.30. The summed E-state index contributed by atoms with van der Waals surface area (Å²) in [6.07, 6.45) is 5.70. The van der Waals surface area contributed by atoms with Gasteiger partial charge in [0.2, 0.25) is 0 Å². The molecule has 1 aromatic carbocycles. The molecule has 8 nitrogen and oxygen atoms in total. The van der Waals surface area contributed by atoms with Crippen LogP contribution in [-0.2, 0) is 0 Å². The third-order valence-electron chi connectivity index (χ3n) is 4.11. The first kappa shape index (κ1) is 21.8. The van der Waals surface area contributed by atoms with Crippen LogP contribution >= 0.6 is 27.3 Å². The minimum Gasteiger partial charge on any atom is -0.352 e. The molecule has 6 N–H and O–H groups in total. The van der Waals surface area contributed by atoms with Crippen molar-refractivity contribution < 1.29 is 14.4 Å². The van der Waals surface area contributed by atoms with Crippen molar-refractivity contribution in [1.82, 2.24) is 4.98 Å². The Morgan fingerprint density at radius 2 is 1.82 bits per heavy atom. The maximum atomic E-state index is 12.8. The molecule has 0 saturated heterocycles. The molecule has 0 bridgehead atoms. The number of ketones is 1. The lowest BCUT2D eigenvalue weighted by molar-refractivity contribution is 0.0923. The number of aryl methyl sites for hydroxylation is 1. The standard InChI is InChI=1S/C17H18BrN3O2S.CH4N2O/c1-10-6-7-13(12(8-10)15(22)11-4-2-3-5-11)20-16(23)21-17-19-9-14(18)24-17;2-1(3)4/h6-9,11H,2-5H2,1H3,(H2,19,20,21,23);(H4,2,3,4). The van der Waals surface area contributed by atoms with E-state index in [2.05, 4.69) is 43.0 Å². The average Bonchev–Trinajstić information content (AvgIpc) is 3.27. The van der Waals surface area contributed by atoms with E-state index in [1.54, 1.807) is 12.3 Å². The second-order valence-corrected chi connectivity index (χ2v) is 8.76. The van der Waals surface area contributed by atoms with Crippen LogP contribution in [-0.4, -0.2) is 22.8 Å². The predicted octanol–water partition coefficient (Wildman–Crippen LogP) is 4.25. The molecule has 1 aromatic heterocycles. The Balaban J connectivity index is 0.000000640. The highest BCUT2D eigenvalue weighted by Gasteiger charge is 2.26. The maximum absolute atomic E-state index is 12.8. The number of Topliss-reactive ketones (excluding diaryl/α,β-unsaturated/α-hetero) is 1. The van der Waals surface area contributed by atoms with Gasteiger partial charge in [0.15, 0.2) is 10.9 Å². The van der Waals surface area contributed by atoms with Crippen LogP contribution in [0.15, 0.2) is 28.2 Å². The number of rotatable bonds is 4. The number of anilines is 2. The summed E-state index contributed by atoms with van der Waals surface area (Å²) in [6.45, 7) is 1.95. The fourth-order valence-corrected chi connectivity index (χ4v) is 4.04. The van der Waals surface area contributed by atoms with Gasteiger partial charge in [0, 0.05) is 11.5 Å². The Morgan fingerprint density at radius 1 is 1.18 bits per heavy atom. The Morgan fingerprint density at radius 3 is 2.39 bits per heavy atom. The summed E-state index contributed by atoms with van der Waals surface area (Å²) in [7, 11) is 0. The van der Waals surface area contributed by atoms with Crippen LogP contribution in [0.2, 0.25) is 0 Å². The first-order valence-electron chi connectivity index (χ1n) is 8.65. The number of amides is 4. The van der Waals surface area contributed by atoms with Crippen LogP contribution in [0.1, 0.15) is 41.6 Å². The second kappa shape index (κ2) is 10.2. The summed E-state index contributed by atoms with van der Waals surface area (Å²) < 4.78 is 0.838. The summed E-state index contributed by atoms with van der Waals surface area (Å²) in [5, 5.41) is 5.95. The predicted molar refractivity (Wildman–Crippen MR) is 114 cm³/mol. The topological polar surface area (TPSA) is 140 Å². The van der Waals surface area contributed by atoms with E-state index in [1.807, 2.05) is 19.1 Å². The molecule has 1 saturated carbocycles. The normalized spacial score (nSPS) is 13.4. The molecule has 3 rings (SSSR count). The first-order valence-corrected chi connectivity index (χ1v) is 10.3. The van der Waals surface area contributed by atoms with E-state index in [1.165, 1.54) is 11.3 Å². The Kier molecular flexibility index (Phi) is 7.94. The third-order valence-corrected chi connectivity index (χ3v) is 5.50. The van der Waals surface area contributed by atoms with Crippen LogP contribution in [0.4, 0.5) is 20.4 Å². The SMILES string of the molecule is Cc1ccc(NC(=O)Nc2ncc(Br)s2)c(C(=O)C2CCCC2)c1.NC(N)=O. The van der Waals surface area contributed by atoms with Gasteiger partial charge in [0.25, 0.3) is 0 Å². The zero-order chi connectivity index (χ0) is 20.7. The second-order valence-electron chi connectivity index (χ2n) is 6.35. The van der Waals surface area contributed by atoms with Crippen LogP contribution in [0.3, 0.4) is 0 Å². The van der Waals surface area contributed by atoms with Gasteiger partial charge in [-0.3, -0.25) is 10.1 Å². The number of benzene rings is 1. The van der Waals surface area contributed by atoms with Crippen LogP contribution < -0.4 is 22.1 Å². The average molecular weight is 468 g/mol. The number of nitrogens with zero attached hydrogens (tertiary/aromatic N) is 1. The fraction of sp³-hybridized carbons (Fsp3) is 0.333. The lowest BCUT2D eigenvalue weighted by atomic mass is 9.94. The van der Waals surface area contributed by atoms with Gasteiger partial charge in [0.1, 0.15) is 0 Å². The van der Waals surface area contributed by atoms with Crippen molar-refractivity contribution in [3.63, 3.8) is 0 Å². The number of nitrogens with one attached hydrogen (secondary N) is 2. The highest BCUT2D eigenvalue weighted by Crippen LogP contribution is 2.31. The number of hydrogen-bond donors (Lipinski definition) is 4. The molecule has 150 valence electrons. The van der Waals surface area contributed by atoms with Crippen molar-refractivity contribution in [1.29, 1.82) is 0 Å². The molecule has 10 heteroatoms. The monoisotopic (exact) mass is 467 g/mol. The maximum Gasteiger partial charge on any atom is 0.325 e. The zero-order valence-electron chi connectivity index (χ0n) is 15.3. The molecular weight excluding hydrogens is 446 g/mol. The molecule has 1 aliphatic rings. The van der Waals surface area contributed by atoms with E-state index in [4.69, 9.17) is 4.79 Å². The lowest BCUT2D eigenvalue weighted by Gasteiger charge is -2.14. The number of hydrogen-bond acceptors (Lipinski definition) is 5. The van der Waals surface area contributed by atoms with E-state index in [0.717, 1.165) is 35.0 Å². The van der Waals surface area contributed by atoms with E-state index >= 15 is 0 Å². The minimum absolute atomic E-state index is 0.0744. The number of urea groups is 2. The smallest absolute Gasteiger partial charge is 0.325 e. The van der Waals surface area contributed by atoms with E-state index in [0.29, 0.717) is 16.4 Å². The highest BCUT2D eigenvalue weighted by molar-refractivity contribution is 9.11. The molecule has 1 heterocycles. The van der Waals surface area contributed by atoms with Crippen molar-refractivity contribution >= 4 is 55.9 Å². The van der Waals surface area contributed by atoms with Crippen molar-refractivity contribution in [2.75, 3.05) is 10.6 Å². The van der Waals surface area contributed by atoms with Gasteiger partial charge >= 0.3 is 12.1 Å². The van der Waals surface area contributed by atoms with Gasteiger partial charge in [0.05, 0.1) is 15.7 Å². The van der Waals surface area contributed by atoms with Crippen LogP contribution in [0.25, 0.3) is 0 Å². The number of carbonyl (C=O) groups is 3. The molecule has 1 aliphatic carbocycles. The van der Waals surface area contributed by atoms with Gasteiger partial charge in [-0.2, -0.15) is 0 Å². The molecule has 0 aliphatic heterocycles. The number of nitrogens with two attached hydrogens (primary N) is 2. The number of aromatic nitrogens is 1. The molecule has 1 fully saturated rings. The summed E-state index contributed by atoms with van der Waals surface area (Å²) in [4.78, 5) is 38.0. The van der Waals surface area contributed by atoms with Crippen molar-refractivity contribution in [2.24, 2.45) is 17.4 Å². The molecule has 0 unspecified atom stereocenters. The highest BCUT2D eigenvalue weighted by atomic mass is 79.9. The van der Waals surface area contributed by atoms with Crippen molar-refractivity contribution in [2.45, 2.75) is 32.6 Å². The first-order chi connectivity index (χ1) is 13.3. The van der Waals surface area contributed by atoms with E-state index in [9.17, 15) is 9.59 Å². The van der Waals surface area contributed by atoms with Crippen molar-refractivity contribution in [3.05, 3.63) is 39.3 Å². The van der Waals surface area contributed by atoms with Gasteiger partial charge in [-0.25, -0.2) is 14.6 Å². The molecule has 0 radical (unpaired) electrons. The Bertz CT molecular complexity index is 861. The van der Waals surface area contributed by atoms with E-state index < -0.39 is 12.1 Å². The zero-order valence-corrected chi connectivity index (χ0v) is 17.7.